The van der Waals surface area contributed by atoms with Gasteiger partial charge < -0.3 is 10.6 Å². The molecule has 4 rings (SSSR count). The van der Waals surface area contributed by atoms with Crippen molar-refractivity contribution in [2.45, 2.75) is 0 Å². The van der Waals surface area contributed by atoms with Crippen LogP contribution in [0.3, 0.4) is 0 Å². The molecule has 7 nitrogen and oxygen atoms in total. The van der Waals surface area contributed by atoms with E-state index in [4.69, 9.17) is 0 Å². The highest BCUT2D eigenvalue weighted by Crippen LogP contribution is 2.33. The van der Waals surface area contributed by atoms with Crippen LogP contribution in [-0.4, -0.2) is 16.5 Å². The highest BCUT2D eigenvalue weighted by molar-refractivity contribution is 6.30. The Morgan fingerprint density at radius 1 is 0.655 bits per heavy atom. The maximum absolute atomic E-state index is 13.3. The van der Waals surface area contributed by atoms with Crippen LogP contribution in [0, 0.1) is 10.1 Å². The molecule has 0 heterocycles. The van der Waals surface area contributed by atoms with Crippen molar-refractivity contribution in [2.75, 3.05) is 10.6 Å². The number of anilines is 2. The molecule has 3 aromatic rings. The van der Waals surface area contributed by atoms with Gasteiger partial charge in [0.05, 0.1) is 4.92 Å². The third-order valence-corrected chi connectivity index (χ3v) is 4.50. The number of fused-ring (bicyclic) bond motifs is 1. The molecule has 0 fully saturated rings. The van der Waals surface area contributed by atoms with Crippen molar-refractivity contribution < 1.29 is 14.5 Å². The normalized spacial score (nSPS) is 13.1. The lowest BCUT2D eigenvalue weighted by molar-refractivity contribution is -0.385. The van der Waals surface area contributed by atoms with Crippen LogP contribution in [0.2, 0.25) is 0 Å². The first kappa shape index (κ1) is 18.1. The van der Waals surface area contributed by atoms with Crippen LogP contribution in [0.15, 0.2) is 90.3 Å². The topological polar surface area (TPSA) is 101 Å². The minimum Gasteiger partial charge on any atom is -0.350 e. The molecule has 0 atom stereocenters. The van der Waals surface area contributed by atoms with Crippen LogP contribution in [0.4, 0.5) is 17.1 Å². The van der Waals surface area contributed by atoms with E-state index in [1.807, 2.05) is 12.1 Å². The Labute approximate surface area is 165 Å². The van der Waals surface area contributed by atoms with Gasteiger partial charge in [0.1, 0.15) is 17.0 Å². The number of carbonyl (C=O) groups is 2. The van der Waals surface area contributed by atoms with E-state index in [0.29, 0.717) is 11.4 Å². The van der Waals surface area contributed by atoms with E-state index < -0.39 is 22.2 Å². The van der Waals surface area contributed by atoms with E-state index in [-0.39, 0.29) is 22.5 Å². The Hall–Kier alpha value is -4.26. The fourth-order valence-corrected chi connectivity index (χ4v) is 3.18. The zero-order valence-corrected chi connectivity index (χ0v) is 15.1. The summed E-state index contributed by atoms with van der Waals surface area (Å²) in [5.41, 5.74) is 0.598. The predicted molar refractivity (Wildman–Crippen MR) is 109 cm³/mol. The largest absolute Gasteiger partial charge is 0.350 e. The molecule has 0 amide bonds. The summed E-state index contributed by atoms with van der Waals surface area (Å²) in [6, 6.07) is 21.8. The molecule has 29 heavy (non-hydrogen) atoms. The molecule has 0 radical (unpaired) electrons. The van der Waals surface area contributed by atoms with Gasteiger partial charge in [0.25, 0.3) is 5.69 Å². The van der Waals surface area contributed by atoms with Gasteiger partial charge in [0.15, 0.2) is 0 Å². The average Bonchev–Trinajstić information content (AvgIpc) is 2.75. The van der Waals surface area contributed by atoms with Crippen molar-refractivity contribution in [3.63, 3.8) is 0 Å². The standard InChI is InChI=1S/C22H15N3O4/c26-21-16-12-7-13-17(25(28)29)18(16)22(27)20(24-15-10-5-2-6-11-15)19(21)23-14-8-3-1-4-9-14/h1-13,23-24H. The van der Waals surface area contributed by atoms with E-state index in [1.54, 1.807) is 48.5 Å². The zero-order valence-electron chi connectivity index (χ0n) is 15.1. The van der Waals surface area contributed by atoms with E-state index in [9.17, 15) is 19.7 Å². The molecule has 0 aromatic heterocycles. The van der Waals surface area contributed by atoms with E-state index in [2.05, 4.69) is 10.6 Å². The maximum atomic E-state index is 13.3. The summed E-state index contributed by atoms with van der Waals surface area (Å²) in [6.07, 6.45) is 0. The lowest BCUT2D eigenvalue weighted by atomic mass is 9.88. The number of nitrogens with one attached hydrogen (secondary N) is 2. The molecule has 1 aliphatic rings. The SMILES string of the molecule is O=C1C(Nc2ccccc2)=C(Nc2ccccc2)C(=O)c2c1cccc2[N+](=O)[O-]. The molecule has 7 heteroatoms. The highest BCUT2D eigenvalue weighted by atomic mass is 16.6. The first-order valence-electron chi connectivity index (χ1n) is 8.81. The average molecular weight is 385 g/mol. The molecule has 0 saturated carbocycles. The van der Waals surface area contributed by atoms with E-state index in [0.717, 1.165) is 0 Å². The third-order valence-electron chi connectivity index (χ3n) is 4.50. The van der Waals surface area contributed by atoms with Crippen molar-refractivity contribution >= 4 is 28.6 Å². The van der Waals surface area contributed by atoms with Gasteiger partial charge >= 0.3 is 0 Å². The Morgan fingerprint density at radius 3 is 1.69 bits per heavy atom. The lowest BCUT2D eigenvalue weighted by Crippen LogP contribution is -2.30. The first-order chi connectivity index (χ1) is 14.1. The number of allylic oxidation sites excluding steroid dienone is 2. The molecule has 0 aliphatic heterocycles. The number of hydrogen-bond donors (Lipinski definition) is 2. The van der Waals surface area contributed by atoms with Gasteiger partial charge in [-0.2, -0.15) is 0 Å². The number of Topliss-reactive ketones (excluding diaryl/α,β-unsaturated/α-hetero) is 2. The monoisotopic (exact) mass is 385 g/mol. The van der Waals surface area contributed by atoms with Crippen LogP contribution in [0.5, 0.6) is 0 Å². The predicted octanol–water partition coefficient (Wildman–Crippen LogP) is 4.41. The summed E-state index contributed by atoms with van der Waals surface area (Å²) in [7, 11) is 0. The maximum Gasteiger partial charge on any atom is 0.281 e. The van der Waals surface area contributed by atoms with Gasteiger partial charge in [0.2, 0.25) is 11.6 Å². The number of carbonyl (C=O) groups excluding carboxylic acids is 2. The number of rotatable bonds is 5. The molecular weight excluding hydrogens is 370 g/mol. The van der Waals surface area contributed by atoms with Gasteiger partial charge in [-0.3, -0.25) is 19.7 Å². The number of para-hydroxylation sites is 2. The minimum atomic E-state index is -0.653. The molecule has 2 N–H and O–H groups in total. The zero-order chi connectivity index (χ0) is 20.4. The number of nitrogens with zero attached hydrogens (tertiary/aromatic N) is 1. The lowest BCUT2D eigenvalue weighted by Gasteiger charge is -2.23. The van der Waals surface area contributed by atoms with Crippen molar-refractivity contribution in [1.82, 2.24) is 0 Å². The molecule has 1 aliphatic carbocycles. The fraction of sp³-hybridized carbons (Fsp3) is 0. The van der Waals surface area contributed by atoms with Gasteiger partial charge in [-0.1, -0.05) is 42.5 Å². The number of ketones is 2. The number of nitro groups is 1. The first-order valence-corrected chi connectivity index (χ1v) is 8.81. The fourth-order valence-electron chi connectivity index (χ4n) is 3.18. The van der Waals surface area contributed by atoms with Gasteiger partial charge in [0, 0.05) is 23.0 Å². The number of benzene rings is 3. The summed E-state index contributed by atoms with van der Waals surface area (Å²) < 4.78 is 0. The smallest absolute Gasteiger partial charge is 0.281 e. The molecule has 3 aromatic carbocycles. The van der Waals surface area contributed by atoms with Crippen molar-refractivity contribution in [2.24, 2.45) is 0 Å². The van der Waals surface area contributed by atoms with Crippen LogP contribution in [0.25, 0.3) is 0 Å². The molecule has 0 bridgehead atoms. The van der Waals surface area contributed by atoms with Gasteiger partial charge in [-0.05, 0) is 30.3 Å². The van der Waals surface area contributed by atoms with E-state index >= 15 is 0 Å². The quantitative estimate of drug-likeness (QED) is 0.498. The van der Waals surface area contributed by atoms with Crippen molar-refractivity contribution in [1.29, 1.82) is 0 Å². The third kappa shape index (κ3) is 3.37. The summed E-state index contributed by atoms with van der Waals surface area (Å²) in [4.78, 5) is 37.3. The Kier molecular flexibility index (Phi) is 4.62. The summed E-state index contributed by atoms with van der Waals surface area (Å²) in [5, 5.41) is 17.4. The second kappa shape index (κ2) is 7.40. The Morgan fingerprint density at radius 2 is 1.17 bits per heavy atom. The Balaban J connectivity index is 1.88. The Bertz CT molecular complexity index is 1160. The molecule has 0 saturated heterocycles. The van der Waals surface area contributed by atoms with Crippen molar-refractivity contribution in [3.8, 4) is 0 Å². The second-order valence-electron chi connectivity index (χ2n) is 6.35. The van der Waals surface area contributed by atoms with Gasteiger partial charge in [-0.25, -0.2) is 0 Å². The molecule has 142 valence electrons. The van der Waals surface area contributed by atoms with Gasteiger partial charge in [-0.15, -0.1) is 0 Å². The summed E-state index contributed by atoms with van der Waals surface area (Å²) >= 11 is 0. The molecular formula is C22H15N3O4. The molecule has 0 spiro atoms. The number of hydrogen-bond acceptors (Lipinski definition) is 6. The van der Waals surface area contributed by atoms with Crippen LogP contribution >= 0.6 is 0 Å². The minimum absolute atomic E-state index is 0.00115. The van der Waals surface area contributed by atoms with Crippen molar-refractivity contribution in [3.05, 3.63) is 111 Å². The summed E-state index contributed by atoms with van der Waals surface area (Å²) in [5.74, 6) is -1.11. The highest BCUT2D eigenvalue weighted by Gasteiger charge is 2.37. The summed E-state index contributed by atoms with van der Waals surface area (Å²) in [6.45, 7) is 0. The number of nitro benzene ring substituents is 1. The second-order valence-corrected chi connectivity index (χ2v) is 6.35. The van der Waals surface area contributed by atoms with Crippen LogP contribution < -0.4 is 10.6 Å². The van der Waals surface area contributed by atoms with Crippen LogP contribution in [-0.2, 0) is 0 Å². The van der Waals surface area contributed by atoms with Crippen LogP contribution in [0.1, 0.15) is 20.7 Å². The molecule has 0 unspecified atom stereocenters. The van der Waals surface area contributed by atoms with E-state index in [1.165, 1.54) is 18.2 Å².